The minimum atomic E-state index is -0.226. The number of hydrogen-bond donors (Lipinski definition) is 1. The van der Waals surface area contributed by atoms with Gasteiger partial charge in [0.25, 0.3) is 5.91 Å². The van der Waals surface area contributed by atoms with Gasteiger partial charge >= 0.3 is 0 Å². The number of fused-ring (bicyclic) bond motifs is 1. The van der Waals surface area contributed by atoms with Crippen molar-refractivity contribution in [2.75, 3.05) is 12.1 Å². The van der Waals surface area contributed by atoms with Crippen LogP contribution in [0.4, 0.5) is 5.69 Å². The summed E-state index contributed by atoms with van der Waals surface area (Å²) in [6.45, 7) is 1.78. The fourth-order valence-electron chi connectivity index (χ4n) is 3.17. The van der Waals surface area contributed by atoms with Crippen LogP contribution in [0.1, 0.15) is 12.5 Å². The molecule has 140 valence electrons. The Morgan fingerprint density at radius 3 is 2.61 bits per heavy atom. The number of aromatic hydroxyl groups is 1. The van der Waals surface area contributed by atoms with Crippen molar-refractivity contribution < 1.29 is 14.6 Å². The van der Waals surface area contributed by atoms with Crippen molar-refractivity contribution in [3.8, 4) is 11.5 Å². The van der Waals surface area contributed by atoms with Crippen LogP contribution in [0.3, 0.4) is 0 Å². The SMILES string of the molecule is COc1cc(/C=C2/C(=O)N(c3ccc4ccccc4c3)N=C2C)cc(Cl)c1O. The van der Waals surface area contributed by atoms with Gasteiger partial charge in [-0.25, -0.2) is 0 Å². The number of anilines is 1. The predicted octanol–water partition coefficient (Wildman–Crippen LogP) is 5.01. The summed E-state index contributed by atoms with van der Waals surface area (Å²) < 4.78 is 5.13. The van der Waals surface area contributed by atoms with Crippen LogP contribution in [0, 0.1) is 0 Å². The average molecular weight is 393 g/mol. The highest BCUT2D eigenvalue weighted by molar-refractivity contribution is 6.33. The molecule has 1 N–H and O–H groups in total. The molecule has 0 aromatic heterocycles. The standard InChI is InChI=1S/C22H17ClN2O3/c1-13-18(9-14-10-19(23)21(26)20(11-14)28-2)22(27)25(24-13)17-8-7-15-5-3-4-6-16(15)12-17/h3-12,26H,1-2H3/b18-9+. The van der Waals surface area contributed by atoms with Gasteiger partial charge in [-0.05, 0) is 53.6 Å². The number of hydrogen-bond acceptors (Lipinski definition) is 4. The first kappa shape index (κ1) is 18.1. The maximum atomic E-state index is 13.0. The minimum Gasteiger partial charge on any atom is -0.503 e. The van der Waals surface area contributed by atoms with Gasteiger partial charge in [-0.15, -0.1) is 0 Å². The molecule has 3 aromatic rings. The van der Waals surface area contributed by atoms with E-state index in [9.17, 15) is 9.90 Å². The fraction of sp³-hybridized carbons (Fsp3) is 0.0909. The molecule has 0 saturated carbocycles. The number of benzene rings is 3. The van der Waals surface area contributed by atoms with E-state index in [0.29, 0.717) is 22.5 Å². The molecule has 1 aliphatic rings. The smallest absolute Gasteiger partial charge is 0.280 e. The molecule has 6 heteroatoms. The van der Waals surface area contributed by atoms with E-state index >= 15 is 0 Å². The number of nitrogens with zero attached hydrogens (tertiary/aromatic N) is 2. The number of ether oxygens (including phenoxy) is 1. The number of carbonyl (C=O) groups is 1. The maximum absolute atomic E-state index is 13.0. The molecule has 0 bridgehead atoms. The van der Waals surface area contributed by atoms with Crippen LogP contribution < -0.4 is 9.75 Å². The third-order valence-corrected chi connectivity index (χ3v) is 4.91. The number of hydrazone groups is 1. The Morgan fingerprint density at radius 1 is 1.11 bits per heavy atom. The number of phenolic OH excluding ortho intramolecular Hbond substituents is 1. The highest BCUT2D eigenvalue weighted by atomic mass is 35.5. The third-order valence-electron chi connectivity index (χ3n) is 4.62. The molecule has 0 fully saturated rings. The Morgan fingerprint density at radius 2 is 1.86 bits per heavy atom. The lowest BCUT2D eigenvalue weighted by molar-refractivity contribution is -0.114. The van der Waals surface area contributed by atoms with E-state index in [1.165, 1.54) is 12.1 Å². The first-order valence-electron chi connectivity index (χ1n) is 8.65. The zero-order valence-electron chi connectivity index (χ0n) is 15.3. The first-order valence-corrected chi connectivity index (χ1v) is 9.03. The summed E-state index contributed by atoms with van der Waals surface area (Å²) >= 11 is 6.05. The van der Waals surface area contributed by atoms with Crippen LogP contribution >= 0.6 is 11.6 Å². The topological polar surface area (TPSA) is 62.1 Å². The van der Waals surface area contributed by atoms with Crippen molar-refractivity contribution in [1.29, 1.82) is 0 Å². The Kier molecular flexibility index (Phi) is 4.53. The van der Waals surface area contributed by atoms with Gasteiger partial charge in [-0.2, -0.15) is 10.1 Å². The van der Waals surface area contributed by atoms with E-state index in [-0.39, 0.29) is 22.4 Å². The molecule has 0 aliphatic carbocycles. The zero-order chi connectivity index (χ0) is 19.8. The molecular weight excluding hydrogens is 376 g/mol. The number of carbonyl (C=O) groups excluding carboxylic acids is 1. The molecular formula is C22H17ClN2O3. The Hall–Kier alpha value is -3.31. The highest BCUT2D eigenvalue weighted by Crippen LogP contribution is 2.36. The monoisotopic (exact) mass is 392 g/mol. The van der Waals surface area contributed by atoms with Gasteiger partial charge in [0, 0.05) is 0 Å². The second kappa shape index (κ2) is 7.02. The summed E-state index contributed by atoms with van der Waals surface area (Å²) in [5, 5.41) is 18.0. The van der Waals surface area contributed by atoms with E-state index in [1.54, 1.807) is 25.1 Å². The summed E-state index contributed by atoms with van der Waals surface area (Å²) in [4.78, 5) is 13.0. The number of rotatable bonds is 3. The Bertz CT molecular complexity index is 1170. The quantitative estimate of drug-likeness (QED) is 0.637. The van der Waals surface area contributed by atoms with Crippen LogP contribution in [0.5, 0.6) is 11.5 Å². The maximum Gasteiger partial charge on any atom is 0.280 e. The van der Waals surface area contributed by atoms with Crippen LogP contribution in [0.25, 0.3) is 16.8 Å². The molecule has 0 spiro atoms. The summed E-state index contributed by atoms with van der Waals surface area (Å²) in [5.41, 5.74) is 2.39. The van der Waals surface area contributed by atoms with Crippen molar-refractivity contribution in [3.63, 3.8) is 0 Å². The molecule has 5 nitrogen and oxygen atoms in total. The van der Waals surface area contributed by atoms with Crippen LogP contribution in [-0.4, -0.2) is 23.8 Å². The highest BCUT2D eigenvalue weighted by Gasteiger charge is 2.29. The molecule has 1 heterocycles. The summed E-state index contributed by atoms with van der Waals surface area (Å²) in [7, 11) is 1.44. The molecule has 28 heavy (non-hydrogen) atoms. The normalized spacial score (nSPS) is 15.4. The molecule has 1 aliphatic heterocycles. The van der Waals surface area contributed by atoms with E-state index in [1.807, 2.05) is 42.5 Å². The molecule has 0 atom stereocenters. The van der Waals surface area contributed by atoms with Crippen molar-refractivity contribution in [1.82, 2.24) is 0 Å². The minimum absolute atomic E-state index is 0.132. The van der Waals surface area contributed by atoms with Gasteiger partial charge in [0.05, 0.1) is 29.1 Å². The molecule has 3 aromatic carbocycles. The van der Waals surface area contributed by atoms with Gasteiger partial charge in [-0.3, -0.25) is 4.79 Å². The van der Waals surface area contributed by atoms with E-state index in [2.05, 4.69) is 5.10 Å². The Labute approximate surface area is 167 Å². The molecule has 0 radical (unpaired) electrons. The van der Waals surface area contributed by atoms with Crippen LogP contribution in [-0.2, 0) is 4.79 Å². The van der Waals surface area contributed by atoms with Crippen molar-refractivity contribution >= 4 is 45.8 Å². The second-order valence-electron chi connectivity index (χ2n) is 6.45. The summed E-state index contributed by atoms with van der Waals surface area (Å²) in [5.74, 6) is -0.117. The van der Waals surface area contributed by atoms with Crippen molar-refractivity contribution in [3.05, 3.63) is 70.8 Å². The van der Waals surface area contributed by atoms with Crippen molar-refractivity contribution in [2.45, 2.75) is 6.92 Å². The largest absolute Gasteiger partial charge is 0.503 e. The average Bonchev–Trinajstić information content (AvgIpc) is 2.98. The summed E-state index contributed by atoms with van der Waals surface area (Å²) in [6, 6.07) is 16.9. The molecule has 0 saturated heterocycles. The Balaban J connectivity index is 1.71. The van der Waals surface area contributed by atoms with Gasteiger partial charge < -0.3 is 9.84 Å². The number of phenols is 1. The lowest BCUT2D eigenvalue weighted by Gasteiger charge is -2.12. The van der Waals surface area contributed by atoms with Gasteiger partial charge in [-0.1, -0.05) is 41.9 Å². The first-order chi connectivity index (χ1) is 13.5. The summed E-state index contributed by atoms with van der Waals surface area (Å²) in [6.07, 6.45) is 1.69. The van der Waals surface area contributed by atoms with E-state index in [0.717, 1.165) is 10.8 Å². The number of amides is 1. The lowest BCUT2D eigenvalue weighted by atomic mass is 10.1. The van der Waals surface area contributed by atoms with E-state index in [4.69, 9.17) is 16.3 Å². The van der Waals surface area contributed by atoms with Crippen molar-refractivity contribution in [2.24, 2.45) is 5.10 Å². The molecule has 4 rings (SSSR count). The fourth-order valence-corrected chi connectivity index (χ4v) is 3.39. The molecule has 0 unspecified atom stereocenters. The third kappa shape index (κ3) is 3.10. The van der Waals surface area contributed by atoms with Crippen LogP contribution in [0.15, 0.2) is 65.3 Å². The van der Waals surface area contributed by atoms with Gasteiger partial charge in [0.1, 0.15) is 0 Å². The zero-order valence-corrected chi connectivity index (χ0v) is 16.1. The van der Waals surface area contributed by atoms with Gasteiger partial charge in [0.2, 0.25) is 0 Å². The van der Waals surface area contributed by atoms with Crippen LogP contribution in [0.2, 0.25) is 5.02 Å². The number of halogens is 1. The van der Waals surface area contributed by atoms with Gasteiger partial charge in [0.15, 0.2) is 11.5 Å². The predicted molar refractivity (Wildman–Crippen MR) is 112 cm³/mol. The number of methoxy groups -OCH3 is 1. The second-order valence-corrected chi connectivity index (χ2v) is 6.85. The van der Waals surface area contributed by atoms with E-state index < -0.39 is 0 Å². The lowest BCUT2D eigenvalue weighted by Crippen LogP contribution is -2.21. The molecule has 1 amide bonds.